The molecule has 13 heavy (non-hydrogen) atoms. The van der Waals surface area contributed by atoms with E-state index < -0.39 is 5.91 Å². The predicted octanol–water partition coefficient (Wildman–Crippen LogP) is 0.918. The van der Waals surface area contributed by atoms with Crippen LogP contribution in [0.5, 0.6) is 0 Å². The number of hydrogen-bond donors (Lipinski definition) is 0. The smallest absolute Gasteiger partial charge is 0.149 e. The summed E-state index contributed by atoms with van der Waals surface area (Å²) in [6.07, 6.45) is 1.49. The summed E-state index contributed by atoms with van der Waals surface area (Å²) in [7, 11) is 0. The molecular weight excluding hydrogens is 243 g/mol. The van der Waals surface area contributed by atoms with Crippen molar-refractivity contribution in [2.24, 2.45) is 0 Å². The topological polar surface area (TPSA) is 37.4 Å². The third-order valence-corrected chi connectivity index (χ3v) is 1.36. The Balaban J connectivity index is 0.00000144. The fourth-order valence-corrected chi connectivity index (χ4v) is 0.825. The normalized spacial score (nSPS) is 8.31. The summed E-state index contributed by atoms with van der Waals surface area (Å²) >= 11 is 0. The minimum atomic E-state index is -0.587. The Labute approximate surface area is 102 Å². The van der Waals surface area contributed by atoms with Gasteiger partial charge in [0.2, 0.25) is 0 Å². The molecule has 2 amide bonds. The molecular formula is C9H7NO2Y-2. The van der Waals surface area contributed by atoms with Crippen LogP contribution in [-0.2, 0) is 42.3 Å². The van der Waals surface area contributed by atoms with Crippen molar-refractivity contribution < 1.29 is 42.3 Å². The van der Waals surface area contributed by atoms with E-state index >= 15 is 0 Å². The first-order chi connectivity index (χ1) is 5.75. The van der Waals surface area contributed by atoms with E-state index in [9.17, 15) is 9.59 Å². The first-order valence-corrected chi connectivity index (χ1v) is 3.34. The van der Waals surface area contributed by atoms with Crippen LogP contribution in [0.4, 0.5) is 5.69 Å². The molecule has 0 bridgehead atoms. The zero-order valence-corrected chi connectivity index (χ0v) is 9.77. The fourth-order valence-electron chi connectivity index (χ4n) is 0.825. The van der Waals surface area contributed by atoms with Gasteiger partial charge in [-0.2, -0.15) is 0 Å². The molecule has 1 radical (unpaired) electrons. The number of benzene rings is 1. The van der Waals surface area contributed by atoms with Gasteiger partial charge in [-0.05, 0) is 5.91 Å². The van der Waals surface area contributed by atoms with Crippen LogP contribution >= 0.6 is 0 Å². The summed E-state index contributed by atoms with van der Waals surface area (Å²) in [6.45, 7) is 3.11. The molecule has 0 saturated heterocycles. The minimum Gasteiger partial charge on any atom is -0.440 e. The number of carbonyl (C=O) groups is 1. The van der Waals surface area contributed by atoms with Gasteiger partial charge in [0, 0.05) is 32.7 Å². The number of anilines is 1. The summed E-state index contributed by atoms with van der Waals surface area (Å²) in [5.74, 6) is -0.587. The summed E-state index contributed by atoms with van der Waals surface area (Å²) in [6, 6.07) is 8.51. The number of hydrogen-bond acceptors (Lipinski definition) is 2. The standard InChI is InChI=1S/C9H7NO2.Y/c1-8(12)10(7-11)9-5-3-2-4-6-9;/h2-6H,1H2;/q-2;. The maximum atomic E-state index is 10.7. The molecule has 1 rings (SSSR count). The van der Waals surface area contributed by atoms with Crippen LogP contribution in [-0.4, -0.2) is 12.3 Å². The molecule has 0 aliphatic carbocycles. The fraction of sp³-hybridized carbons (Fsp3) is 0. The van der Waals surface area contributed by atoms with E-state index in [0.717, 1.165) is 4.90 Å². The van der Waals surface area contributed by atoms with Gasteiger partial charge < -0.3 is 21.4 Å². The largest absolute Gasteiger partial charge is 0.440 e. The minimum absolute atomic E-state index is 0. The molecule has 0 N–H and O–H groups in total. The number of nitrogens with zero attached hydrogens (tertiary/aromatic N) is 1. The average molecular weight is 250 g/mol. The van der Waals surface area contributed by atoms with E-state index in [-0.39, 0.29) is 32.7 Å². The van der Waals surface area contributed by atoms with Crippen molar-refractivity contribution in [2.75, 3.05) is 4.90 Å². The monoisotopic (exact) mass is 250 g/mol. The van der Waals surface area contributed by atoms with Gasteiger partial charge >= 0.3 is 0 Å². The molecule has 0 fully saturated rings. The number of amides is 2. The molecule has 0 spiro atoms. The van der Waals surface area contributed by atoms with Crippen molar-refractivity contribution >= 4 is 18.0 Å². The molecule has 0 unspecified atom stereocenters. The van der Waals surface area contributed by atoms with E-state index in [1.165, 1.54) is 6.41 Å². The van der Waals surface area contributed by atoms with Crippen molar-refractivity contribution in [1.29, 1.82) is 0 Å². The maximum Gasteiger partial charge on any atom is 0.149 e. The number of para-hydroxylation sites is 1. The SMILES string of the molecule is [CH2-]C(=O)N([C-]=O)c1ccccc1.[Y]. The molecule has 0 atom stereocenters. The average Bonchev–Trinajstić information content (AvgIpc) is 2.07. The van der Waals surface area contributed by atoms with Crippen molar-refractivity contribution in [1.82, 2.24) is 0 Å². The van der Waals surface area contributed by atoms with Gasteiger partial charge in [0.1, 0.15) is 6.41 Å². The van der Waals surface area contributed by atoms with E-state index in [2.05, 4.69) is 6.92 Å². The van der Waals surface area contributed by atoms with Gasteiger partial charge in [-0.15, -0.1) is 0 Å². The zero-order chi connectivity index (χ0) is 8.97. The van der Waals surface area contributed by atoms with E-state index in [4.69, 9.17) is 0 Å². The molecule has 0 aliphatic rings. The Morgan fingerprint density at radius 2 is 1.85 bits per heavy atom. The summed E-state index contributed by atoms with van der Waals surface area (Å²) in [4.78, 5) is 21.8. The van der Waals surface area contributed by atoms with Gasteiger partial charge in [-0.3, -0.25) is 0 Å². The van der Waals surface area contributed by atoms with Crippen LogP contribution in [0.2, 0.25) is 0 Å². The van der Waals surface area contributed by atoms with Crippen LogP contribution in [0.3, 0.4) is 0 Å². The molecule has 1 aromatic rings. The van der Waals surface area contributed by atoms with Crippen molar-refractivity contribution in [3.63, 3.8) is 0 Å². The van der Waals surface area contributed by atoms with Crippen LogP contribution < -0.4 is 4.90 Å². The molecule has 0 heterocycles. The van der Waals surface area contributed by atoms with Crippen LogP contribution in [0.1, 0.15) is 0 Å². The van der Waals surface area contributed by atoms with Crippen molar-refractivity contribution in [2.45, 2.75) is 0 Å². The van der Waals surface area contributed by atoms with E-state index in [1.54, 1.807) is 30.3 Å². The first kappa shape index (κ1) is 12.3. The zero-order valence-electron chi connectivity index (χ0n) is 6.93. The van der Waals surface area contributed by atoms with Gasteiger partial charge in [0.15, 0.2) is 0 Å². The number of rotatable bonds is 2. The second kappa shape index (κ2) is 5.89. The van der Waals surface area contributed by atoms with Gasteiger partial charge in [-0.25, -0.2) is 0 Å². The van der Waals surface area contributed by atoms with Crippen LogP contribution in [0.25, 0.3) is 0 Å². The van der Waals surface area contributed by atoms with E-state index in [0.29, 0.717) is 5.69 Å². The molecule has 0 aromatic heterocycles. The number of imide groups is 1. The Bertz CT molecular complexity index is 287. The molecule has 1 aromatic carbocycles. The first-order valence-electron chi connectivity index (χ1n) is 3.34. The summed E-state index contributed by atoms with van der Waals surface area (Å²) in [5, 5.41) is 0. The Morgan fingerprint density at radius 1 is 1.31 bits per heavy atom. The Kier molecular flexibility index (Phi) is 5.59. The van der Waals surface area contributed by atoms with Crippen LogP contribution in [0, 0.1) is 6.92 Å². The third kappa shape index (κ3) is 3.29. The third-order valence-electron chi connectivity index (χ3n) is 1.36. The van der Waals surface area contributed by atoms with Crippen LogP contribution in [0.15, 0.2) is 30.3 Å². The summed E-state index contributed by atoms with van der Waals surface area (Å²) < 4.78 is 0. The molecule has 4 heteroatoms. The van der Waals surface area contributed by atoms with Gasteiger partial charge in [0.05, 0.1) is 0 Å². The van der Waals surface area contributed by atoms with Crippen molar-refractivity contribution in [3.8, 4) is 0 Å². The number of carbonyl (C=O) groups excluding carboxylic acids is 2. The van der Waals surface area contributed by atoms with Gasteiger partial charge in [-0.1, -0.05) is 36.0 Å². The predicted molar refractivity (Wildman–Crippen MR) is 45.0 cm³/mol. The quantitative estimate of drug-likeness (QED) is 0.578. The second-order valence-corrected chi connectivity index (χ2v) is 2.16. The molecule has 3 nitrogen and oxygen atoms in total. The molecule has 0 saturated carbocycles. The maximum absolute atomic E-state index is 10.7. The Hall–Kier alpha value is -0.666. The van der Waals surface area contributed by atoms with Crippen molar-refractivity contribution in [3.05, 3.63) is 37.3 Å². The molecule has 0 aliphatic heterocycles. The Morgan fingerprint density at radius 3 is 2.23 bits per heavy atom. The van der Waals surface area contributed by atoms with Gasteiger partial charge in [0.25, 0.3) is 0 Å². The molecule has 65 valence electrons. The van der Waals surface area contributed by atoms with E-state index in [1.807, 2.05) is 0 Å². The summed E-state index contributed by atoms with van der Waals surface area (Å²) in [5.41, 5.74) is 0.479. The second-order valence-electron chi connectivity index (χ2n) is 2.16.